The average molecular weight is 941 g/mol. The first kappa shape index (κ1) is 58.0. The van der Waals surface area contributed by atoms with Gasteiger partial charge in [0.05, 0.1) is 94.6 Å². The van der Waals surface area contributed by atoms with Crippen molar-refractivity contribution in [2.75, 3.05) is 6.61 Å². The number of hydrogen-bond donors (Lipinski definition) is 3. The number of aliphatic hydroxyl groups is 1. The summed E-state index contributed by atoms with van der Waals surface area (Å²) in [5, 5.41) is 42.1. The van der Waals surface area contributed by atoms with Crippen LogP contribution < -0.4 is 67.2 Å². The van der Waals surface area contributed by atoms with Crippen molar-refractivity contribution < 1.29 is 110 Å². The van der Waals surface area contributed by atoms with E-state index in [1.807, 2.05) is 6.92 Å². The predicted octanol–water partition coefficient (Wildman–Crippen LogP) is -5.76. The molecule has 20 nitrogen and oxygen atoms in total. The average Bonchev–Trinajstić information content (AvgIpc) is 3.19. The molecule has 6 fully saturated rings. The Bertz CT molecular complexity index is 1940. The van der Waals surface area contributed by atoms with E-state index in [1.54, 1.807) is 0 Å². The number of carbonyl (C=O) groups excluding carboxylic acids is 1. The Hall–Kier alpha value is -0.328. The van der Waals surface area contributed by atoms with E-state index in [0.717, 1.165) is 6.42 Å². The first-order chi connectivity index (χ1) is 28.8. The molecule has 6 aliphatic rings. The van der Waals surface area contributed by atoms with Gasteiger partial charge in [0.2, 0.25) is 5.91 Å². The molecule has 1 amide bonds. The van der Waals surface area contributed by atoms with Crippen LogP contribution in [0.5, 0.6) is 0 Å². The second-order valence-corrected chi connectivity index (χ2v) is 23.2. The number of rotatable bonds is 14. The van der Waals surface area contributed by atoms with Gasteiger partial charge >= 0.3 is 56.6 Å². The summed E-state index contributed by atoms with van der Waals surface area (Å²) in [6.45, 7) is 3.73. The molecule has 6 saturated carbocycles. The van der Waals surface area contributed by atoms with Crippen LogP contribution in [-0.4, -0.2) is 139 Å². The molecule has 0 radical (unpaired) electrons. The van der Waals surface area contributed by atoms with Gasteiger partial charge in [-0.25, -0.2) is 25.3 Å². The Labute approximate surface area is 414 Å². The molecule has 0 aromatic rings. The van der Waals surface area contributed by atoms with Crippen LogP contribution in [0.4, 0.5) is 0 Å². The summed E-state index contributed by atoms with van der Waals surface area (Å²) in [5.41, 5.74) is 0. The van der Waals surface area contributed by atoms with Gasteiger partial charge in [0.1, 0.15) is 6.04 Å². The summed E-state index contributed by atoms with van der Waals surface area (Å²) in [4.78, 5) is 12.3. The van der Waals surface area contributed by atoms with Crippen molar-refractivity contribution in [1.82, 2.24) is 10.6 Å². The number of carbonyl (C=O) groups is 1. The van der Waals surface area contributed by atoms with E-state index >= 15 is 0 Å². The van der Waals surface area contributed by atoms with Crippen LogP contribution in [0.2, 0.25) is 0 Å². The van der Waals surface area contributed by atoms with E-state index < -0.39 is 70.3 Å². The van der Waals surface area contributed by atoms with E-state index in [1.165, 1.54) is 6.92 Å². The van der Waals surface area contributed by atoms with Gasteiger partial charge in [0.15, 0.2) is 0 Å². The topological polar surface area (TPSA) is 316 Å². The summed E-state index contributed by atoms with van der Waals surface area (Å²) in [7, 11) is -13.6. The third kappa shape index (κ3) is 16.1. The molecule has 0 spiro atoms. The number of nitrogens with zero attached hydrogens (tertiary/aromatic N) is 6. The second-order valence-electron chi connectivity index (χ2n) is 18.3. The zero-order chi connectivity index (χ0) is 44.1. The third-order valence-corrected chi connectivity index (χ3v) is 17.7. The molecule has 16 unspecified atom stereocenters. The van der Waals surface area contributed by atoms with Crippen LogP contribution in [0.1, 0.15) is 129 Å². The van der Waals surface area contributed by atoms with Crippen LogP contribution >= 0.6 is 0 Å². The molecule has 0 aromatic heterocycles. The van der Waals surface area contributed by atoms with Gasteiger partial charge in [0, 0.05) is 25.6 Å². The number of amides is 1. The molecule has 6 rings (SSSR count). The van der Waals surface area contributed by atoms with Gasteiger partial charge in [-0.3, -0.25) is 4.79 Å². The minimum Gasteiger partial charge on any atom is -0.748 e. The van der Waals surface area contributed by atoms with E-state index in [0.29, 0.717) is 96.5 Å². The monoisotopic (exact) mass is 940 g/mol. The summed E-state index contributed by atoms with van der Waals surface area (Å²) >= 11 is 0. The number of fused-ring (bicyclic) bond motifs is 1. The molecule has 348 valence electrons. The van der Waals surface area contributed by atoms with Gasteiger partial charge < -0.3 is 34.1 Å². The molecule has 26 heteroatoms. The number of ether oxygens (including phenoxy) is 1. The Morgan fingerprint density at radius 3 is 1.81 bits per heavy atom. The first-order valence-electron chi connectivity index (χ1n) is 22.1. The summed E-state index contributed by atoms with van der Waals surface area (Å²) in [5.74, 6) is -0.861. The summed E-state index contributed by atoms with van der Waals surface area (Å²) in [6, 6.07) is -3.55. The van der Waals surface area contributed by atoms with Crippen molar-refractivity contribution in [1.29, 1.82) is 0 Å². The molecular formula is C38H63Li3N8O12S3. The van der Waals surface area contributed by atoms with Crippen molar-refractivity contribution in [3.8, 4) is 0 Å². The zero-order valence-corrected chi connectivity index (χ0v) is 40.5. The maximum atomic E-state index is 12.6. The third-order valence-electron chi connectivity index (χ3n) is 14.0. The number of hydrogen-bond acceptors (Lipinski definition) is 19. The first-order valence-corrected chi connectivity index (χ1v) is 26.6. The fraction of sp³-hybridized carbons (Fsp3) is 0.974. The van der Waals surface area contributed by atoms with Crippen LogP contribution in [0, 0.1) is 11.8 Å². The molecular weight excluding hydrogens is 877 g/mol. The quantitative estimate of drug-likeness (QED) is 0.0832. The molecule has 0 aromatic carbocycles. The van der Waals surface area contributed by atoms with Crippen LogP contribution in [-0.2, 0) is 39.9 Å². The molecule has 0 heterocycles. The molecule has 3 N–H and O–H groups in total. The van der Waals surface area contributed by atoms with Gasteiger partial charge in [-0.05, 0) is 121 Å². The largest absolute Gasteiger partial charge is 1.00 e. The van der Waals surface area contributed by atoms with Crippen LogP contribution in [0.25, 0.3) is 0 Å². The van der Waals surface area contributed by atoms with Gasteiger partial charge in [0.25, 0.3) is 0 Å². The second kappa shape index (κ2) is 25.5. The molecule has 0 bridgehead atoms. The van der Waals surface area contributed by atoms with Crippen LogP contribution in [0.3, 0.4) is 0 Å². The normalized spacial score (nSPS) is 39.0. The Kier molecular flexibility index (Phi) is 23.1. The van der Waals surface area contributed by atoms with E-state index in [4.69, 9.17) is 15.0 Å². The molecule has 0 saturated heterocycles. The summed E-state index contributed by atoms with van der Waals surface area (Å²) < 4.78 is 114. The van der Waals surface area contributed by atoms with E-state index in [2.05, 4.69) is 31.1 Å². The predicted molar refractivity (Wildman–Crippen MR) is 218 cm³/mol. The van der Waals surface area contributed by atoms with Crippen molar-refractivity contribution in [2.45, 2.75) is 212 Å². The fourth-order valence-electron chi connectivity index (χ4n) is 10.9. The molecule has 6 aliphatic carbocycles. The van der Waals surface area contributed by atoms with Crippen LogP contribution in [0.15, 0.2) is 30.7 Å². The standard InChI is InChI=1S/C38H66N8O12S3.3Li/c1-3-58-35-21-28(42-41-26-7-5-9-30(18-26)60(52,53)54)13-15-33(35)45-44-32-14-12-27(20-34(32)39-22(2)47)43-46-37-36(61(55,56)57)16-23-10-11-25(19-31(23)38(37)48)40-24-6-4-8-29(17-24)59(49,50)51;;;/h23-38,40,48H,3-21H2,1-2H3,(H,39,47)(H,49,50,51)(H,52,53,54)(H,55,56,57);;;/q;3*+1/p-3. The van der Waals surface area contributed by atoms with Crippen molar-refractivity contribution in [3.63, 3.8) is 0 Å². The zero-order valence-electron chi connectivity index (χ0n) is 38.0. The number of azo groups is 3. The van der Waals surface area contributed by atoms with Gasteiger partial charge in [-0.2, -0.15) is 30.7 Å². The smallest absolute Gasteiger partial charge is 0.748 e. The molecule has 64 heavy (non-hydrogen) atoms. The number of nitrogens with one attached hydrogen (secondary N) is 2. The Balaban J connectivity index is 0.00000363. The maximum absolute atomic E-state index is 12.6. The van der Waals surface area contributed by atoms with Crippen molar-refractivity contribution in [3.05, 3.63) is 0 Å². The SMILES string of the molecule is CCOC1CC(N=NC2CCCC(S(=O)(=O)[O-])C2)CCC1N=NC1CCC(N=NC2C(O)C3CC(NC4CCCC(S(=O)(=O)[O-])C4)CCC3CC2S(=O)(=O)[O-])CC1NC(C)=O.[Li+].[Li+].[Li+]. The minimum absolute atomic E-state index is 0. The van der Waals surface area contributed by atoms with Gasteiger partial charge in [-0.15, -0.1) is 0 Å². The number of aliphatic hydroxyl groups excluding tert-OH is 1. The summed E-state index contributed by atoms with van der Waals surface area (Å²) in [6.07, 6.45) is 7.05. The Morgan fingerprint density at radius 2 is 1.19 bits per heavy atom. The maximum Gasteiger partial charge on any atom is 1.00 e. The Morgan fingerprint density at radius 1 is 0.625 bits per heavy atom. The van der Waals surface area contributed by atoms with E-state index in [9.17, 15) is 48.8 Å². The van der Waals surface area contributed by atoms with Crippen molar-refractivity contribution in [2.24, 2.45) is 42.5 Å². The minimum atomic E-state index is -4.85. The van der Waals surface area contributed by atoms with E-state index in [-0.39, 0.29) is 136 Å². The van der Waals surface area contributed by atoms with Gasteiger partial charge in [-0.1, -0.05) is 12.8 Å². The fourth-order valence-corrected chi connectivity index (χ4v) is 13.8. The molecule has 0 aliphatic heterocycles. The molecule has 16 atom stereocenters. The van der Waals surface area contributed by atoms with Crippen molar-refractivity contribution >= 4 is 36.3 Å².